The molecular formula is C68H72N2. The van der Waals surface area contributed by atoms with Crippen LogP contribution in [0.5, 0.6) is 0 Å². The van der Waals surface area contributed by atoms with Crippen LogP contribution in [0.4, 0.5) is 0 Å². The largest absolute Gasteiger partial charge is 0.309 e. The summed E-state index contributed by atoms with van der Waals surface area (Å²) in [5.74, 6) is 2.57. The Kier molecular flexibility index (Phi) is 11.8. The Labute approximate surface area is 417 Å². The average Bonchev–Trinajstić information content (AvgIpc) is 3.96. The van der Waals surface area contributed by atoms with E-state index in [9.17, 15) is 0 Å². The molecule has 4 fully saturated rings. The van der Waals surface area contributed by atoms with Gasteiger partial charge in [-0.05, 0) is 146 Å². The second-order valence-electron chi connectivity index (χ2n) is 22.5. The third-order valence-corrected chi connectivity index (χ3v) is 19.2. The van der Waals surface area contributed by atoms with Crippen LogP contribution in [0.15, 0.2) is 170 Å². The summed E-state index contributed by atoms with van der Waals surface area (Å²) in [4.78, 5) is 0. The first-order valence-electron chi connectivity index (χ1n) is 28.0. The molecule has 9 aromatic rings. The molecule has 2 nitrogen and oxygen atoms in total. The summed E-state index contributed by atoms with van der Waals surface area (Å²) in [6.45, 7) is 0. The van der Waals surface area contributed by atoms with E-state index in [0.29, 0.717) is 23.7 Å². The maximum Gasteiger partial charge on any atom is 0.0541 e. The lowest BCUT2D eigenvalue weighted by molar-refractivity contribution is 0.131. The molecule has 0 amide bonds. The third kappa shape index (κ3) is 7.16. The Bertz CT molecular complexity index is 2870. The molecule has 0 N–H and O–H groups in total. The summed E-state index contributed by atoms with van der Waals surface area (Å²) >= 11 is 0. The lowest BCUT2D eigenvalue weighted by Crippen LogP contribution is -2.46. The summed E-state index contributed by atoms with van der Waals surface area (Å²) in [6, 6.07) is 67.2. The number of rotatable bonds is 10. The smallest absolute Gasteiger partial charge is 0.0541 e. The lowest BCUT2D eigenvalue weighted by atomic mass is 9.51. The monoisotopic (exact) mass is 917 g/mol. The standard InChI is InChI=1S/C68H72N2/c1-5-21-49(22-6-1)67(50-23-7-2-8-24-50,55-41-45-57(46-42-55)69-63-33-17-13-29-59(63)60-30-14-18-34-64(60)69)53-37-39-54(40-38-53)68(51-25-9-3-10-26-51,52-27-11-4-12-28-52)56-43-47-58(48-44-56)70-65-35-19-15-31-61(65)62-32-16-20-36-66(62)70/h13-20,29-52H,1-12,21-28H2. The highest BCUT2D eigenvalue weighted by molar-refractivity contribution is 6.10. The maximum atomic E-state index is 2.73. The topological polar surface area (TPSA) is 9.86 Å². The molecule has 2 aromatic heterocycles. The Morgan fingerprint density at radius 1 is 0.243 bits per heavy atom. The second kappa shape index (κ2) is 18.7. The van der Waals surface area contributed by atoms with Crippen LogP contribution in [0.25, 0.3) is 55.0 Å². The molecule has 0 bridgehead atoms. The van der Waals surface area contributed by atoms with Crippen LogP contribution in [-0.4, -0.2) is 9.13 Å². The minimum absolute atomic E-state index is 0.0129. The van der Waals surface area contributed by atoms with Crippen LogP contribution in [0.3, 0.4) is 0 Å². The number of hydrogen-bond acceptors (Lipinski definition) is 0. The van der Waals surface area contributed by atoms with Crippen LogP contribution in [0.1, 0.15) is 151 Å². The first-order chi connectivity index (χ1) is 34.7. The van der Waals surface area contributed by atoms with Gasteiger partial charge in [0.05, 0.1) is 22.1 Å². The predicted octanol–water partition coefficient (Wildman–Crippen LogP) is 18.8. The molecule has 0 atom stereocenters. The molecular weight excluding hydrogens is 845 g/mol. The number of benzene rings is 7. The molecule has 0 spiro atoms. The highest BCUT2D eigenvalue weighted by atomic mass is 15.0. The summed E-state index contributed by atoms with van der Waals surface area (Å²) in [6.07, 6.45) is 27.0. The molecule has 0 radical (unpaired) electrons. The zero-order chi connectivity index (χ0) is 46.5. The van der Waals surface area contributed by atoms with Crippen LogP contribution >= 0.6 is 0 Å². The van der Waals surface area contributed by atoms with E-state index < -0.39 is 0 Å². The Morgan fingerprint density at radius 3 is 0.700 bits per heavy atom. The number of nitrogens with zero attached hydrogens (tertiary/aromatic N) is 2. The van der Waals surface area contributed by atoms with Crippen molar-refractivity contribution in [3.05, 3.63) is 192 Å². The van der Waals surface area contributed by atoms with Gasteiger partial charge in [-0.2, -0.15) is 0 Å². The van der Waals surface area contributed by atoms with Crippen LogP contribution < -0.4 is 0 Å². The molecule has 4 saturated carbocycles. The predicted molar refractivity (Wildman–Crippen MR) is 296 cm³/mol. The lowest BCUT2D eigenvalue weighted by Gasteiger charge is -2.52. The molecule has 0 saturated heterocycles. The van der Waals surface area contributed by atoms with E-state index in [1.54, 1.807) is 22.3 Å². The van der Waals surface area contributed by atoms with E-state index in [-0.39, 0.29) is 10.8 Å². The van der Waals surface area contributed by atoms with Crippen molar-refractivity contribution in [3.63, 3.8) is 0 Å². The Balaban J connectivity index is 0.968. The average molecular weight is 917 g/mol. The van der Waals surface area contributed by atoms with Crippen LogP contribution in [-0.2, 0) is 10.8 Å². The van der Waals surface area contributed by atoms with Crippen molar-refractivity contribution < 1.29 is 0 Å². The van der Waals surface area contributed by atoms with Crippen molar-refractivity contribution >= 4 is 43.6 Å². The van der Waals surface area contributed by atoms with E-state index in [1.807, 2.05) is 0 Å². The molecule has 13 rings (SSSR count). The van der Waals surface area contributed by atoms with Gasteiger partial charge in [0, 0.05) is 43.7 Å². The number of fused-ring (bicyclic) bond motifs is 6. The van der Waals surface area contributed by atoms with Gasteiger partial charge in [-0.15, -0.1) is 0 Å². The summed E-state index contributed by atoms with van der Waals surface area (Å²) < 4.78 is 5.02. The number of para-hydroxylation sites is 4. The third-order valence-electron chi connectivity index (χ3n) is 19.2. The molecule has 7 aromatic carbocycles. The summed E-state index contributed by atoms with van der Waals surface area (Å²) in [5.41, 5.74) is 14.0. The minimum Gasteiger partial charge on any atom is -0.309 e. The van der Waals surface area contributed by atoms with Gasteiger partial charge in [0.2, 0.25) is 0 Å². The molecule has 2 heterocycles. The van der Waals surface area contributed by atoms with Crippen molar-refractivity contribution in [1.29, 1.82) is 0 Å². The van der Waals surface area contributed by atoms with E-state index >= 15 is 0 Å². The molecule has 4 aliphatic carbocycles. The van der Waals surface area contributed by atoms with E-state index in [1.165, 1.54) is 183 Å². The molecule has 0 unspecified atom stereocenters. The summed E-state index contributed by atoms with van der Waals surface area (Å²) in [5, 5.41) is 5.32. The normalized spacial score (nSPS) is 18.6. The Hall–Kier alpha value is -5.86. The zero-order valence-electron chi connectivity index (χ0n) is 41.5. The number of aromatic nitrogens is 2. The van der Waals surface area contributed by atoms with Crippen molar-refractivity contribution in [3.8, 4) is 11.4 Å². The SMILES string of the molecule is c1ccc2c(c1)c1ccccc1n2-c1ccc(C(c2ccc(C(c3ccc(-n4c5ccccc5c5ccccc54)cc3)(C3CCCCC3)C3CCCCC3)cc2)(C2CCCCC2)C2CCCCC2)cc1. The van der Waals surface area contributed by atoms with Crippen molar-refractivity contribution in [2.75, 3.05) is 0 Å². The van der Waals surface area contributed by atoms with Gasteiger partial charge in [-0.3, -0.25) is 0 Å². The second-order valence-corrected chi connectivity index (χ2v) is 22.5. The fourth-order valence-corrected chi connectivity index (χ4v) is 16.3. The molecule has 354 valence electrons. The fourth-order valence-electron chi connectivity index (χ4n) is 16.3. The van der Waals surface area contributed by atoms with E-state index in [2.05, 4.69) is 179 Å². The Morgan fingerprint density at radius 2 is 0.457 bits per heavy atom. The van der Waals surface area contributed by atoms with Gasteiger partial charge in [-0.1, -0.05) is 198 Å². The van der Waals surface area contributed by atoms with Gasteiger partial charge in [0.25, 0.3) is 0 Å². The van der Waals surface area contributed by atoms with E-state index in [0.717, 1.165) is 0 Å². The highest BCUT2D eigenvalue weighted by Crippen LogP contribution is 2.58. The molecule has 2 heteroatoms. The summed E-state index contributed by atoms with van der Waals surface area (Å²) in [7, 11) is 0. The quantitative estimate of drug-likeness (QED) is 0.129. The van der Waals surface area contributed by atoms with Gasteiger partial charge < -0.3 is 9.13 Å². The van der Waals surface area contributed by atoms with Gasteiger partial charge >= 0.3 is 0 Å². The van der Waals surface area contributed by atoms with Gasteiger partial charge in [-0.25, -0.2) is 0 Å². The van der Waals surface area contributed by atoms with E-state index in [4.69, 9.17) is 0 Å². The minimum atomic E-state index is -0.0129. The highest BCUT2D eigenvalue weighted by Gasteiger charge is 2.51. The molecule has 4 aliphatic rings. The zero-order valence-corrected chi connectivity index (χ0v) is 41.5. The first-order valence-corrected chi connectivity index (χ1v) is 28.0. The maximum absolute atomic E-state index is 2.73. The van der Waals surface area contributed by atoms with Crippen molar-refractivity contribution in [2.24, 2.45) is 23.7 Å². The first kappa shape index (κ1) is 44.1. The fraction of sp³-hybridized carbons (Fsp3) is 0.382. The van der Waals surface area contributed by atoms with Crippen LogP contribution in [0.2, 0.25) is 0 Å². The van der Waals surface area contributed by atoms with Crippen molar-refractivity contribution in [2.45, 2.75) is 139 Å². The molecule has 70 heavy (non-hydrogen) atoms. The van der Waals surface area contributed by atoms with Crippen LogP contribution in [0, 0.1) is 23.7 Å². The van der Waals surface area contributed by atoms with Gasteiger partial charge in [0.1, 0.15) is 0 Å². The van der Waals surface area contributed by atoms with Crippen molar-refractivity contribution in [1.82, 2.24) is 9.13 Å². The molecule has 0 aliphatic heterocycles. The number of hydrogen-bond donors (Lipinski definition) is 0. The van der Waals surface area contributed by atoms with Gasteiger partial charge in [0.15, 0.2) is 0 Å².